The van der Waals surface area contributed by atoms with Crippen molar-refractivity contribution in [2.45, 2.75) is 39.7 Å². The summed E-state index contributed by atoms with van der Waals surface area (Å²) in [5.41, 5.74) is 3.67. The second-order valence-electron chi connectivity index (χ2n) is 7.60. The third-order valence-corrected chi connectivity index (χ3v) is 6.85. The molecule has 0 fully saturated rings. The van der Waals surface area contributed by atoms with Crippen molar-refractivity contribution in [1.82, 2.24) is 0 Å². The zero-order valence-electron chi connectivity index (χ0n) is 18.7. The summed E-state index contributed by atoms with van der Waals surface area (Å²) in [5, 5.41) is 0. The van der Waals surface area contributed by atoms with Gasteiger partial charge in [0.2, 0.25) is 0 Å². The molecule has 1 aliphatic heterocycles. The van der Waals surface area contributed by atoms with Crippen LogP contribution in [0.1, 0.15) is 44.2 Å². The number of fused-ring (bicyclic) bond motifs is 2. The predicted molar refractivity (Wildman–Crippen MR) is 124 cm³/mol. The number of phosphoric acid groups is 1. The maximum atomic E-state index is 12.5. The second-order valence-corrected chi connectivity index (χ2v) is 9.20. The van der Waals surface area contributed by atoms with Crippen molar-refractivity contribution in [3.8, 4) is 17.2 Å². The first kappa shape index (κ1) is 23.3. The standard InChI is InChI=1S/C25H27O7P/c1-3-29-33(27,30-4-2)32-22-11-8-18(9-12-22)17-28-23-13-10-19-14-20-6-5-7-21(16-26)25(20)31-24(19)15-23/h8-16H,3-7,17H2,1-2H3. The number of hydrogen-bond donors (Lipinski definition) is 0. The van der Waals surface area contributed by atoms with Crippen molar-refractivity contribution in [1.29, 1.82) is 0 Å². The smallest absolute Gasteiger partial charge is 0.489 e. The molecule has 0 radical (unpaired) electrons. The van der Waals surface area contributed by atoms with E-state index in [4.69, 9.17) is 23.0 Å². The molecule has 33 heavy (non-hydrogen) atoms. The van der Waals surface area contributed by atoms with Crippen LogP contribution in [0.4, 0.5) is 0 Å². The van der Waals surface area contributed by atoms with E-state index in [1.54, 1.807) is 26.0 Å². The molecule has 0 bridgehead atoms. The minimum absolute atomic E-state index is 0.221. The number of carbonyl (C=O) groups is 1. The maximum Gasteiger partial charge on any atom is 0.530 e. The Hall–Kier alpha value is -2.86. The summed E-state index contributed by atoms with van der Waals surface area (Å²) < 4.78 is 40.2. The number of rotatable bonds is 10. The zero-order chi connectivity index (χ0) is 23.3. The molecule has 2 aliphatic rings. The fourth-order valence-electron chi connectivity index (χ4n) is 3.74. The fraction of sp³-hybridized carbons (Fsp3) is 0.320. The number of hydrogen-bond acceptors (Lipinski definition) is 7. The molecule has 0 amide bonds. The highest BCUT2D eigenvalue weighted by Gasteiger charge is 2.27. The molecule has 0 saturated heterocycles. The molecular weight excluding hydrogens is 443 g/mol. The van der Waals surface area contributed by atoms with E-state index in [2.05, 4.69) is 6.08 Å². The topological polar surface area (TPSA) is 80.3 Å². The van der Waals surface area contributed by atoms with Crippen LogP contribution in [0.5, 0.6) is 17.2 Å². The van der Waals surface area contributed by atoms with Crippen LogP contribution in [-0.2, 0) is 25.0 Å². The minimum Gasteiger partial charge on any atom is -0.489 e. The lowest BCUT2D eigenvalue weighted by molar-refractivity contribution is -0.105. The van der Waals surface area contributed by atoms with E-state index in [1.807, 2.05) is 30.3 Å². The van der Waals surface area contributed by atoms with Crippen LogP contribution in [0, 0.1) is 0 Å². The Morgan fingerprint density at radius 1 is 1.00 bits per heavy atom. The van der Waals surface area contributed by atoms with Crippen LogP contribution in [0.15, 0.2) is 59.4 Å². The van der Waals surface area contributed by atoms with Crippen LogP contribution in [-0.4, -0.2) is 19.5 Å². The van der Waals surface area contributed by atoms with Crippen LogP contribution in [0.2, 0.25) is 0 Å². The van der Waals surface area contributed by atoms with E-state index in [9.17, 15) is 9.36 Å². The number of aldehydes is 1. The van der Waals surface area contributed by atoms with Crippen molar-refractivity contribution >= 4 is 20.2 Å². The highest BCUT2D eigenvalue weighted by Crippen LogP contribution is 2.49. The second kappa shape index (κ2) is 10.4. The average Bonchev–Trinajstić information content (AvgIpc) is 2.82. The van der Waals surface area contributed by atoms with Gasteiger partial charge in [0.1, 0.15) is 35.9 Å². The van der Waals surface area contributed by atoms with Gasteiger partial charge in [-0.25, -0.2) is 4.57 Å². The predicted octanol–water partition coefficient (Wildman–Crippen LogP) is 6.24. The van der Waals surface area contributed by atoms with Crippen LogP contribution in [0.3, 0.4) is 0 Å². The monoisotopic (exact) mass is 470 g/mol. The highest BCUT2D eigenvalue weighted by molar-refractivity contribution is 7.48. The van der Waals surface area contributed by atoms with Gasteiger partial charge in [-0.1, -0.05) is 12.1 Å². The summed E-state index contributed by atoms with van der Waals surface area (Å²) >= 11 is 0. The SMILES string of the molecule is CCOP(=O)(OCC)Oc1ccc(COc2ccc3c(c2)OC2=C(C=O)CCCC2=C3)cc1. The van der Waals surface area contributed by atoms with Crippen molar-refractivity contribution in [2.75, 3.05) is 13.2 Å². The van der Waals surface area contributed by atoms with E-state index < -0.39 is 7.82 Å². The van der Waals surface area contributed by atoms with Crippen LogP contribution in [0.25, 0.3) is 6.08 Å². The van der Waals surface area contributed by atoms with Gasteiger partial charge in [-0.15, -0.1) is 0 Å². The molecule has 1 aliphatic carbocycles. The number of phosphoric ester groups is 1. The van der Waals surface area contributed by atoms with Gasteiger partial charge >= 0.3 is 7.82 Å². The van der Waals surface area contributed by atoms with E-state index in [1.165, 1.54) is 0 Å². The number of ether oxygens (including phenoxy) is 2. The summed E-state index contributed by atoms with van der Waals surface area (Å²) in [6.07, 6.45) is 5.59. The maximum absolute atomic E-state index is 12.5. The van der Waals surface area contributed by atoms with Crippen molar-refractivity contribution < 1.29 is 32.4 Å². The third-order valence-electron chi connectivity index (χ3n) is 5.27. The summed E-state index contributed by atoms with van der Waals surface area (Å²) in [7, 11) is -3.62. The molecule has 0 spiro atoms. The van der Waals surface area contributed by atoms with Gasteiger partial charge in [-0.3, -0.25) is 13.8 Å². The third kappa shape index (κ3) is 5.56. The van der Waals surface area contributed by atoms with Gasteiger partial charge < -0.3 is 14.0 Å². The first-order chi connectivity index (χ1) is 16.0. The Bertz CT molecular complexity index is 1110. The Morgan fingerprint density at radius 3 is 2.42 bits per heavy atom. The Morgan fingerprint density at radius 2 is 1.73 bits per heavy atom. The highest BCUT2D eigenvalue weighted by atomic mass is 31.2. The van der Waals surface area contributed by atoms with Gasteiger partial charge in [0.15, 0.2) is 0 Å². The van der Waals surface area contributed by atoms with Crippen molar-refractivity contribution in [3.05, 3.63) is 70.5 Å². The molecule has 0 atom stereocenters. The van der Waals surface area contributed by atoms with Crippen molar-refractivity contribution in [2.24, 2.45) is 0 Å². The number of carbonyl (C=O) groups excluding carboxylic acids is 1. The summed E-state index contributed by atoms with van der Waals surface area (Å²) in [4.78, 5) is 11.4. The molecule has 174 valence electrons. The average molecular weight is 470 g/mol. The molecule has 0 saturated carbocycles. The first-order valence-electron chi connectivity index (χ1n) is 11.0. The Labute approximate surface area is 193 Å². The molecule has 2 aromatic carbocycles. The van der Waals surface area contributed by atoms with E-state index in [-0.39, 0.29) is 13.2 Å². The van der Waals surface area contributed by atoms with Gasteiger partial charge in [0, 0.05) is 17.2 Å². The quantitative estimate of drug-likeness (QED) is 0.300. The fourth-order valence-corrected chi connectivity index (χ4v) is 4.93. The van der Waals surface area contributed by atoms with E-state index in [0.717, 1.165) is 42.2 Å². The molecular formula is C25H27O7P. The van der Waals surface area contributed by atoms with Crippen LogP contribution >= 0.6 is 7.82 Å². The molecule has 0 aromatic heterocycles. The molecule has 0 N–H and O–H groups in total. The van der Waals surface area contributed by atoms with Gasteiger partial charge in [-0.05, 0) is 74.6 Å². The first-order valence-corrected chi connectivity index (χ1v) is 12.5. The number of benzene rings is 2. The lowest BCUT2D eigenvalue weighted by Gasteiger charge is -2.26. The van der Waals surface area contributed by atoms with Gasteiger partial charge in [0.05, 0.1) is 13.2 Å². The summed E-state index contributed by atoms with van der Waals surface area (Å²) in [5.74, 6) is 2.42. The molecule has 2 aromatic rings. The molecule has 4 rings (SSSR count). The lowest BCUT2D eigenvalue weighted by atomic mass is 9.91. The Balaban J connectivity index is 1.41. The normalized spacial score (nSPS) is 15.2. The summed E-state index contributed by atoms with van der Waals surface area (Å²) in [6.45, 7) is 4.22. The molecule has 1 heterocycles. The van der Waals surface area contributed by atoms with E-state index >= 15 is 0 Å². The van der Waals surface area contributed by atoms with Gasteiger partial charge in [0.25, 0.3) is 0 Å². The molecule has 8 heteroatoms. The van der Waals surface area contributed by atoms with E-state index in [0.29, 0.717) is 35.2 Å². The largest absolute Gasteiger partial charge is 0.530 e. The number of allylic oxidation sites excluding steroid dienone is 2. The molecule has 7 nitrogen and oxygen atoms in total. The lowest BCUT2D eigenvalue weighted by Crippen LogP contribution is -2.13. The summed E-state index contributed by atoms with van der Waals surface area (Å²) in [6, 6.07) is 12.7. The Kier molecular flexibility index (Phi) is 7.33. The molecule has 0 unspecified atom stereocenters. The van der Waals surface area contributed by atoms with Gasteiger partial charge in [-0.2, -0.15) is 0 Å². The van der Waals surface area contributed by atoms with Crippen molar-refractivity contribution in [3.63, 3.8) is 0 Å². The minimum atomic E-state index is -3.62. The zero-order valence-corrected chi connectivity index (χ0v) is 19.6. The van der Waals surface area contributed by atoms with Crippen LogP contribution < -0.4 is 14.0 Å².